The van der Waals surface area contributed by atoms with Gasteiger partial charge in [0.25, 0.3) is 0 Å². The number of likely N-dealkylation sites (tertiary alicyclic amines) is 1. The lowest BCUT2D eigenvalue weighted by molar-refractivity contribution is -0.170. The number of hydrogen-bond donors (Lipinski definition) is 1. The molecule has 0 aromatic rings. The summed E-state index contributed by atoms with van der Waals surface area (Å²) in [6.45, 7) is 4.33. The summed E-state index contributed by atoms with van der Waals surface area (Å²) in [5.74, 6) is -1.67. The summed E-state index contributed by atoms with van der Waals surface area (Å²) >= 11 is 0. The van der Waals surface area contributed by atoms with Crippen LogP contribution in [-0.2, 0) is 14.3 Å². The van der Waals surface area contributed by atoms with E-state index in [2.05, 4.69) is 16.6 Å². The maximum absolute atomic E-state index is 11.6. The van der Waals surface area contributed by atoms with E-state index in [0.29, 0.717) is 25.9 Å². The zero-order chi connectivity index (χ0) is 12.2. The number of nitrogens with zero attached hydrogens (tertiary/aromatic N) is 1. The molecule has 0 unspecified atom stereocenters. The molecule has 0 radical (unpaired) electrons. The summed E-state index contributed by atoms with van der Waals surface area (Å²) in [5.41, 5.74) is -1.32. The molecule has 0 bridgehead atoms. The van der Waals surface area contributed by atoms with Crippen molar-refractivity contribution in [2.45, 2.75) is 26.2 Å². The van der Waals surface area contributed by atoms with Gasteiger partial charge in [0.15, 0.2) is 5.41 Å². The maximum atomic E-state index is 11.6. The first-order valence-corrected chi connectivity index (χ1v) is 5.61. The van der Waals surface area contributed by atoms with Crippen molar-refractivity contribution in [2.75, 3.05) is 26.7 Å². The molecular weight excluding hydrogens is 210 g/mol. The molecule has 5 heteroatoms. The Kier molecular flexibility index (Phi) is 4.29. The smallest absolute Gasteiger partial charge is 0.323 e. The van der Waals surface area contributed by atoms with Crippen LogP contribution >= 0.6 is 0 Å². The number of carbonyl (C=O) groups is 2. The summed E-state index contributed by atoms with van der Waals surface area (Å²) in [4.78, 5) is 25.0. The van der Waals surface area contributed by atoms with Crippen molar-refractivity contribution in [3.8, 4) is 0 Å². The monoisotopic (exact) mass is 229 g/mol. The number of piperidine rings is 1. The van der Waals surface area contributed by atoms with Crippen molar-refractivity contribution < 1.29 is 19.4 Å². The van der Waals surface area contributed by atoms with Crippen LogP contribution in [0.2, 0.25) is 0 Å². The van der Waals surface area contributed by atoms with Crippen molar-refractivity contribution in [3.63, 3.8) is 0 Å². The Morgan fingerprint density at radius 1 is 1.38 bits per heavy atom. The lowest BCUT2D eigenvalue weighted by Crippen LogP contribution is -2.49. The third kappa shape index (κ3) is 2.35. The minimum Gasteiger partial charge on any atom is -0.480 e. The number of methoxy groups -OCH3 is 1. The van der Waals surface area contributed by atoms with Gasteiger partial charge in [0, 0.05) is 0 Å². The van der Waals surface area contributed by atoms with Gasteiger partial charge in [-0.1, -0.05) is 6.92 Å². The second kappa shape index (κ2) is 5.30. The fraction of sp³-hybridized carbons (Fsp3) is 0.818. The molecule has 0 aliphatic carbocycles. The van der Waals surface area contributed by atoms with Crippen LogP contribution in [0, 0.1) is 5.41 Å². The average Bonchev–Trinajstić information content (AvgIpc) is 2.29. The average molecular weight is 229 g/mol. The van der Waals surface area contributed by atoms with E-state index < -0.39 is 17.4 Å². The van der Waals surface area contributed by atoms with Crippen LogP contribution in [0.5, 0.6) is 0 Å². The third-order valence-electron chi connectivity index (χ3n) is 3.23. The zero-order valence-corrected chi connectivity index (χ0v) is 9.86. The number of carboxylic acid groups (broad SMARTS) is 1. The van der Waals surface area contributed by atoms with Crippen LogP contribution in [0.4, 0.5) is 0 Å². The lowest BCUT2D eigenvalue weighted by Gasteiger charge is -2.36. The Hall–Kier alpha value is -1.10. The van der Waals surface area contributed by atoms with Gasteiger partial charge < -0.3 is 14.7 Å². The van der Waals surface area contributed by atoms with Crippen LogP contribution in [0.3, 0.4) is 0 Å². The largest absolute Gasteiger partial charge is 0.480 e. The van der Waals surface area contributed by atoms with Gasteiger partial charge >= 0.3 is 11.9 Å². The number of carboxylic acids is 1. The summed E-state index contributed by atoms with van der Waals surface area (Å²) in [7, 11) is 1.24. The molecule has 1 N–H and O–H groups in total. The highest BCUT2D eigenvalue weighted by atomic mass is 16.5. The molecule has 0 aromatic heterocycles. The van der Waals surface area contributed by atoms with Gasteiger partial charge in [0.05, 0.1) is 7.11 Å². The van der Waals surface area contributed by atoms with E-state index in [1.807, 2.05) is 0 Å². The highest BCUT2D eigenvalue weighted by Crippen LogP contribution is 2.33. The van der Waals surface area contributed by atoms with Gasteiger partial charge in [-0.25, -0.2) is 0 Å². The number of carbonyl (C=O) groups excluding carboxylic acids is 1. The topological polar surface area (TPSA) is 66.8 Å². The molecule has 0 aromatic carbocycles. The molecule has 1 aliphatic rings. The molecule has 0 saturated carbocycles. The van der Waals surface area contributed by atoms with Crippen LogP contribution in [0.1, 0.15) is 26.2 Å². The van der Waals surface area contributed by atoms with E-state index in [-0.39, 0.29) is 0 Å². The Morgan fingerprint density at radius 2 is 1.94 bits per heavy atom. The van der Waals surface area contributed by atoms with Gasteiger partial charge in [0.1, 0.15) is 0 Å². The number of rotatable bonds is 4. The van der Waals surface area contributed by atoms with Gasteiger partial charge in [0.2, 0.25) is 0 Å². The SMILES string of the molecule is CCCN1CCC(C(=O)O)(C(=O)OC)CC1. The maximum Gasteiger partial charge on any atom is 0.323 e. The molecular formula is C11H19NO4. The normalized spacial score (nSPS) is 20.4. The Bertz CT molecular complexity index is 269. The Morgan fingerprint density at radius 3 is 2.31 bits per heavy atom. The molecule has 1 heterocycles. The highest BCUT2D eigenvalue weighted by molar-refractivity contribution is 5.99. The summed E-state index contributed by atoms with van der Waals surface area (Å²) in [5, 5.41) is 9.19. The van der Waals surface area contributed by atoms with Crippen molar-refractivity contribution in [3.05, 3.63) is 0 Å². The first-order chi connectivity index (χ1) is 7.56. The summed E-state index contributed by atoms with van der Waals surface area (Å²) in [6.07, 6.45) is 1.72. The van der Waals surface area contributed by atoms with E-state index in [4.69, 9.17) is 0 Å². The number of aliphatic carboxylic acids is 1. The van der Waals surface area contributed by atoms with E-state index >= 15 is 0 Å². The molecule has 0 amide bonds. The fourth-order valence-electron chi connectivity index (χ4n) is 2.18. The van der Waals surface area contributed by atoms with Crippen LogP contribution in [0.25, 0.3) is 0 Å². The third-order valence-corrected chi connectivity index (χ3v) is 3.23. The molecule has 1 saturated heterocycles. The second-order valence-corrected chi connectivity index (χ2v) is 4.22. The quantitative estimate of drug-likeness (QED) is 0.569. The van der Waals surface area contributed by atoms with Crippen molar-refractivity contribution in [1.82, 2.24) is 4.90 Å². The molecule has 16 heavy (non-hydrogen) atoms. The Labute approximate surface area is 95.4 Å². The first-order valence-electron chi connectivity index (χ1n) is 5.61. The fourth-order valence-corrected chi connectivity index (χ4v) is 2.18. The molecule has 0 atom stereocenters. The summed E-state index contributed by atoms with van der Waals surface area (Å²) in [6, 6.07) is 0. The predicted molar refractivity (Wildman–Crippen MR) is 58.0 cm³/mol. The number of hydrogen-bond acceptors (Lipinski definition) is 4. The zero-order valence-electron chi connectivity index (χ0n) is 9.86. The van der Waals surface area contributed by atoms with Gasteiger partial charge in [-0.05, 0) is 38.9 Å². The predicted octanol–water partition coefficient (Wildman–Crippen LogP) is 0.736. The standard InChI is InChI=1S/C11H19NO4/c1-3-6-12-7-4-11(5-8-12,9(13)14)10(15)16-2/h3-8H2,1-2H3,(H,13,14). The second-order valence-electron chi connectivity index (χ2n) is 4.22. The van der Waals surface area contributed by atoms with E-state index in [1.165, 1.54) is 7.11 Å². The van der Waals surface area contributed by atoms with E-state index in [1.54, 1.807) is 0 Å². The molecule has 1 aliphatic heterocycles. The van der Waals surface area contributed by atoms with Gasteiger partial charge in [-0.15, -0.1) is 0 Å². The highest BCUT2D eigenvalue weighted by Gasteiger charge is 2.49. The molecule has 1 rings (SSSR count). The molecule has 92 valence electrons. The van der Waals surface area contributed by atoms with Gasteiger partial charge in [-0.2, -0.15) is 0 Å². The Balaban J connectivity index is 2.70. The van der Waals surface area contributed by atoms with Crippen LogP contribution in [-0.4, -0.2) is 48.7 Å². The summed E-state index contributed by atoms with van der Waals surface area (Å²) < 4.78 is 4.61. The molecule has 0 spiro atoms. The minimum absolute atomic E-state index is 0.342. The first kappa shape index (κ1) is 13.0. The lowest BCUT2D eigenvalue weighted by atomic mass is 9.78. The van der Waals surface area contributed by atoms with Crippen molar-refractivity contribution in [1.29, 1.82) is 0 Å². The number of esters is 1. The van der Waals surface area contributed by atoms with Crippen molar-refractivity contribution >= 4 is 11.9 Å². The van der Waals surface area contributed by atoms with Crippen molar-refractivity contribution in [2.24, 2.45) is 5.41 Å². The van der Waals surface area contributed by atoms with Gasteiger partial charge in [-0.3, -0.25) is 9.59 Å². The van der Waals surface area contributed by atoms with E-state index in [0.717, 1.165) is 13.0 Å². The minimum atomic E-state index is -1.32. The molecule has 1 fully saturated rings. The van der Waals surface area contributed by atoms with Crippen LogP contribution < -0.4 is 0 Å². The number of ether oxygens (including phenoxy) is 1. The molecule has 5 nitrogen and oxygen atoms in total. The van der Waals surface area contributed by atoms with Crippen LogP contribution in [0.15, 0.2) is 0 Å². The van der Waals surface area contributed by atoms with E-state index in [9.17, 15) is 14.7 Å².